The quantitative estimate of drug-likeness (QED) is 0.910. The van der Waals surface area contributed by atoms with Crippen molar-refractivity contribution in [2.24, 2.45) is 11.8 Å². The van der Waals surface area contributed by atoms with Crippen LogP contribution in [0.2, 0.25) is 0 Å². The van der Waals surface area contributed by atoms with E-state index < -0.39 is 5.97 Å². The second kappa shape index (κ2) is 5.68. The number of hydrogen-bond acceptors (Lipinski definition) is 2. The maximum atomic E-state index is 11.8. The van der Waals surface area contributed by atoms with Gasteiger partial charge in [-0.25, -0.2) is 0 Å². The van der Waals surface area contributed by atoms with Gasteiger partial charge in [0.25, 0.3) is 0 Å². The van der Waals surface area contributed by atoms with Crippen molar-refractivity contribution < 1.29 is 9.90 Å². The first-order valence-corrected chi connectivity index (χ1v) is 8.77. The van der Waals surface area contributed by atoms with Crippen molar-refractivity contribution in [3.8, 4) is 0 Å². The van der Waals surface area contributed by atoms with Crippen LogP contribution >= 0.6 is 0 Å². The molecule has 1 unspecified atom stereocenters. The van der Waals surface area contributed by atoms with Gasteiger partial charge in [0, 0.05) is 23.1 Å². The van der Waals surface area contributed by atoms with Gasteiger partial charge in [-0.2, -0.15) is 0 Å². The summed E-state index contributed by atoms with van der Waals surface area (Å²) >= 11 is 0. The summed E-state index contributed by atoms with van der Waals surface area (Å²) in [5.74, 6) is -0.680. The number of piperidine rings is 1. The van der Waals surface area contributed by atoms with Gasteiger partial charge < -0.3 is 10.1 Å². The number of carboxylic acids is 1. The Bertz CT molecular complexity index is 736. The van der Waals surface area contributed by atoms with Crippen molar-refractivity contribution in [3.05, 3.63) is 35.5 Å². The Hall–Kier alpha value is -1.81. The highest BCUT2D eigenvalue weighted by atomic mass is 16.4. The number of aromatic amines is 1. The van der Waals surface area contributed by atoms with Crippen LogP contribution in [0.3, 0.4) is 0 Å². The number of nitrogens with zero attached hydrogens (tertiary/aromatic N) is 1. The van der Waals surface area contributed by atoms with Gasteiger partial charge in [0.1, 0.15) is 0 Å². The van der Waals surface area contributed by atoms with E-state index in [2.05, 4.69) is 34.1 Å². The van der Waals surface area contributed by atoms with Crippen molar-refractivity contribution in [1.82, 2.24) is 9.88 Å². The number of carboxylic acid groups (broad SMARTS) is 1. The van der Waals surface area contributed by atoms with Crippen LogP contribution < -0.4 is 0 Å². The zero-order valence-corrected chi connectivity index (χ0v) is 13.6. The van der Waals surface area contributed by atoms with Crippen LogP contribution in [0.25, 0.3) is 10.9 Å². The van der Waals surface area contributed by atoms with Crippen LogP contribution in [-0.4, -0.2) is 34.0 Å². The maximum Gasteiger partial charge on any atom is 0.306 e. The molecule has 0 amide bonds. The molecule has 1 fully saturated rings. The van der Waals surface area contributed by atoms with Crippen LogP contribution in [-0.2, 0) is 11.2 Å². The molecule has 4 nitrogen and oxygen atoms in total. The summed E-state index contributed by atoms with van der Waals surface area (Å²) in [4.78, 5) is 17.9. The van der Waals surface area contributed by atoms with E-state index in [9.17, 15) is 9.90 Å². The molecule has 0 radical (unpaired) electrons. The van der Waals surface area contributed by atoms with Gasteiger partial charge in [0.2, 0.25) is 0 Å². The van der Waals surface area contributed by atoms with E-state index in [0.717, 1.165) is 32.4 Å². The standard InChI is InChI=1S/C19H24N2O2/c1-2-12(19(22)23)15-7-5-10-21-11-9-14-13-6-3-4-8-16(13)20-17(14)18(15)21/h3-4,6,8,12,15,18,20H,2,5,7,9-11H2,1H3,(H,22,23)/t12-,15?,18-/m0/s1. The lowest BCUT2D eigenvalue weighted by Gasteiger charge is -2.45. The molecule has 1 saturated heterocycles. The third-order valence-electron chi connectivity index (χ3n) is 5.85. The molecular weight excluding hydrogens is 288 g/mol. The molecule has 1 aromatic carbocycles. The predicted octanol–water partition coefficient (Wildman–Crippen LogP) is 3.59. The fraction of sp³-hybridized carbons (Fsp3) is 0.526. The van der Waals surface area contributed by atoms with Gasteiger partial charge in [-0.1, -0.05) is 25.1 Å². The molecule has 2 aromatic rings. The van der Waals surface area contributed by atoms with Crippen LogP contribution in [0.1, 0.15) is 43.5 Å². The molecule has 2 aliphatic rings. The number of fused-ring (bicyclic) bond motifs is 5. The second-order valence-corrected chi connectivity index (χ2v) is 6.95. The number of H-pyrrole nitrogens is 1. The Kier molecular flexibility index (Phi) is 3.64. The first kappa shape index (κ1) is 14.8. The normalized spacial score (nSPS) is 25.8. The number of benzene rings is 1. The van der Waals surface area contributed by atoms with Gasteiger partial charge in [-0.05, 0) is 49.8 Å². The Morgan fingerprint density at radius 2 is 2.22 bits per heavy atom. The smallest absolute Gasteiger partial charge is 0.306 e. The Morgan fingerprint density at radius 1 is 1.39 bits per heavy atom. The largest absolute Gasteiger partial charge is 0.481 e. The third-order valence-corrected chi connectivity index (χ3v) is 5.85. The van der Waals surface area contributed by atoms with Gasteiger partial charge in [-0.3, -0.25) is 9.69 Å². The average Bonchev–Trinajstić information content (AvgIpc) is 2.94. The minimum absolute atomic E-state index is 0.207. The number of hydrogen-bond donors (Lipinski definition) is 2. The lowest BCUT2D eigenvalue weighted by molar-refractivity contribution is -0.146. The zero-order chi connectivity index (χ0) is 16.0. The van der Waals surface area contributed by atoms with E-state index in [1.807, 2.05) is 6.92 Å². The molecule has 2 aliphatic heterocycles. The molecule has 0 aliphatic carbocycles. The predicted molar refractivity (Wildman–Crippen MR) is 90.5 cm³/mol. The van der Waals surface area contributed by atoms with Crippen molar-refractivity contribution in [1.29, 1.82) is 0 Å². The molecule has 2 N–H and O–H groups in total. The highest BCUT2D eigenvalue weighted by molar-refractivity contribution is 5.85. The molecule has 3 heterocycles. The molecular formula is C19H24N2O2. The molecule has 122 valence electrons. The third kappa shape index (κ3) is 2.27. The molecule has 4 heteroatoms. The second-order valence-electron chi connectivity index (χ2n) is 6.95. The minimum Gasteiger partial charge on any atom is -0.481 e. The molecule has 23 heavy (non-hydrogen) atoms. The van der Waals surface area contributed by atoms with Crippen LogP contribution in [0, 0.1) is 11.8 Å². The molecule has 0 bridgehead atoms. The number of para-hydroxylation sites is 1. The van der Waals surface area contributed by atoms with Crippen molar-refractivity contribution >= 4 is 16.9 Å². The maximum absolute atomic E-state index is 11.8. The number of carbonyl (C=O) groups is 1. The van der Waals surface area contributed by atoms with E-state index in [4.69, 9.17) is 0 Å². The summed E-state index contributed by atoms with van der Waals surface area (Å²) < 4.78 is 0. The summed E-state index contributed by atoms with van der Waals surface area (Å²) in [7, 11) is 0. The topological polar surface area (TPSA) is 56.3 Å². The Morgan fingerprint density at radius 3 is 3.00 bits per heavy atom. The van der Waals surface area contributed by atoms with Gasteiger partial charge in [-0.15, -0.1) is 0 Å². The summed E-state index contributed by atoms with van der Waals surface area (Å²) in [5.41, 5.74) is 3.88. The van der Waals surface area contributed by atoms with Gasteiger partial charge in [0.05, 0.1) is 12.0 Å². The summed E-state index contributed by atoms with van der Waals surface area (Å²) in [6.45, 7) is 4.14. The molecule has 1 aromatic heterocycles. The lowest BCUT2D eigenvalue weighted by atomic mass is 9.74. The van der Waals surface area contributed by atoms with E-state index in [-0.39, 0.29) is 17.9 Å². The Balaban J connectivity index is 1.82. The van der Waals surface area contributed by atoms with E-state index in [1.54, 1.807) is 0 Å². The molecule has 4 rings (SSSR count). The fourth-order valence-corrected chi connectivity index (χ4v) is 4.83. The summed E-state index contributed by atoms with van der Waals surface area (Å²) in [6.07, 6.45) is 3.90. The molecule has 3 atom stereocenters. The number of nitrogens with one attached hydrogen (secondary N) is 1. The van der Waals surface area contributed by atoms with Crippen LogP contribution in [0.5, 0.6) is 0 Å². The zero-order valence-electron chi connectivity index (χ0n) is 13.6. The summed E-state index contributed by atoms with van der Waals surface area (Å²) in [5, 5.41) is 11.0. The Labute approximate surface area is 136 Å². The number of aliphatic carboxylic acids is 1. The van der Waals surface area contributed by atoms with Gasteiger partial charge >= 0.3 is 5.97 Å². The van der Waals surface area contributed by atoms with E-state index in [0.29, 0.717) is 6.42 Å². The van der Waals surface area contributed by atoms with Crippen molar-refractivity contribution in [2.75, 3.05) is 13.1 Å². The average molecular weight is 312 g/mol. The SMILES string of the molecule is CC[C@H](C(=O)O)C1CCCN2CCc3c([nH]c4ccccc34)[C@H]12. The molecule has 0 spiro atoms. The highest BCUT2D eigenvalue weighted by Crippen LogP contribution is 2.45. The van der Waals surface area contributed by atoms with Crippen LogP contribution in [0.4, 0.5) is 0 Å². The van der Waals surface area contributed by atoms with E-state index in [1.165, 1.54) is 22.2 Å². The first-order valence-electron chi connectivity index (χ1n) is 8.77. The lowest BCUT2D eigenvalue weighted by Crippen LogP contribution is -2.46. The van der Waals surface area contributed by atoms with Crippen LogP contribution in [0.15, 0.2) is 24.3 Å². The minimum atomic E-state index is -0.636. The highest BCUT2D eigenvalue weighted by Gasteiger charge is 2.43. The molecule has 0 saturated carbocycles. The summed E-state index contributed by atoms with van der Waals surface area (Å²) in [6, 6.07) is 8.71. The fourth-order valence-electron chi connectivity index (χ4n) is 4.83. The monoisotopic (exact) mass is 312 g/mol. The van der Waals surface area contributed by atoms with Crippen molar-refractivity contribution in [3.63, 3.8) is 0 Å². The first-order chi connectivity index (χ1) is 11.2. The number of aromatic nitrogens is 1. The van der Waals surface area contributed by atoms with Gasteiger partial charge in [0.15, 0.2) is 0 Å². The van der Waals surface area contributed by atoms with E-state index >= 15 is 0 Å². The number of rotatable bonds is 3. The van der Waals surface area contributed by atoms with Crippen molar-refractivity contribution in [2.45, 2.75) is 38.6 Å².